The zero-order valence-corrected chi connectivity index (χ0v) is 12.3. The van der Waals surface area contributed by atoms with Crippen LogP contribution < -0.4 is 11.1 Å². The van der Waals surface area contributed by atoms with Crippen molar-refractivity contribution in [3.05, 3.63) is 29.6 Å². The van der Waals surface area contributed by atoms with E-state index in [4.69, 9.17) is 5.73 Å². The number of thioether (sulfide) groups is 1. The van der Waals surface area contributed by atoms with Gasteiger partial charge < -0.3 is 11.1 Å². The van der Waals surface area contributed by atoms with E-state index in [0.717, 1.165) is 17.1 Å². The molecule has 0 unspecified atom stereocenters. The van der Waals surface area contributed by atoms with Crippen LogP contribution >= 0.6 is 11.8 Å². The predicted molar refractivity (Wildman–Crippen MR) is 80.7 cm³/mol. The number of nitrogens with one attached hydrogen (secondary N) is 2. The highest BCUT2D eigenvalue weighted by molar-refractivity contribution is 7.99. The Balaban J connectivity index is 1.82. The van der Waals surface area contributed by atoms with E-state index in [2.05, 4.69) is 20.5 Å². The Hall–Kier alpha value is -2.02. The minimum Gasteiger partial charge on any atom is -0.399 e. The molecule has 0 radical (unpaired) electrons. The molecule has 2 aromatic rings. The lowest BCUT2D eigenvalue weighted by Crippen LogP contribution is -2.13. The average molecular weight is 291 g/mol. The summed E-state index contributed by atoms with van der Waals surface area (Å²) in [6.45, 7) is 3.77. The average Bonchev–Trinajstić information content (AvgIpc) is 2.80. The summed E-state index contributed by atoms with van der Waals surface area (Å²) in [5, 5.41) is 10.3. The molecule has 1 amide bonds. The Bertz CT molecular complexity index is 611. The SMILES string of the molecule is Cc1nc(SCCC(=O)Nc2cc(N)ccc2C)n[nH]1. The molecule has 1 aromatic heterocycles. The van der Waals surface area contributed by atoms with Crippen molar-refractivity contribution in [1.82, 2.24) is 15.2 Å². The first-order valence-corrected chi connectivity index (χ1v) is 7.21. The molecule has 0 aliphatic heterocycles. The third-order valence-electron chi connectivity index (χ3n) is 2.67. The second-order valence-corrected chi connectivity index (χ2v) is 5.49. The van der Waals surface area contributed by atoms with Crippen LogP contribution in [0.5, 0.6) is 0 Å². The normalized spacial score (nSPS) is 10.5. The number of benzene rings is 1. The van der Waals surface area contributed by atoms with Crippen molar-refractivity contribution in [3.8, 4) is 0 Å². The summed E-state index contributed by atoms with van der Waals surface area (Å²) in [4.78, 5) is 16.0. The Morgan fingerprint density at radius 1 is 1.45 bits per heavy atom. The van der Waals surface area contributed by atoms with E-state index >= 15 is 0 Å². The molecule has 0 saturated carbocycles. The van der Waals surface area contributed by atoms with Crippen LogP contribution in [0.3, 0.4) is 0 Å². The maximum atomic E-state index is 11.9. The number of aromatic nitrogens is 3. The van der Waals surface area contributed by atoms with Crippen molar-refractivity contribution >= 4 is 29.0 Å². The number of hydrogen-bond acceptors (Lipinski definition) is 5. The fourth-order valence-corrected chi connectivity index (χ4v) is 2.39. The van der Waals surface area contributed by atoms with E-state index in [1.807, 2.05) is 26.0 Å². The summed E-state index contributed by atoms with van der Waals surface area (Å²) in [7, 11) is 0. The highest BCUT2D eigenvalue weighted by Crippen LogP contribution is 2.19. The molecule has 2 rings (SSSR count). The number of nitrogens with zero attached hydrogens (tertiary/aromatic N) is 2. The number of anilines is 2. The summed E-state index contributed by atoms with van der Waals surface area (Å²) in [5.41, 5.74) is 8.09. The molecule has 6 nitrogen and oxygen atoms in total. The number of nitrogens with two attached hydrogens (primary N) is 1. The Morgan fingerprint density at radius 2 is 2.25 bits per heavy atom. The minimum atomic E-state index is -0.0431. The van der Waals surface area contributed by atoms with E-state index < -0.39 is 0 Å². The van der Waals surface area contributed by atoms with Gasteiger partial charge in [-0.2, -0.15) is 0 Å². The lowest BCUT2D eigenvalue weighted by molar-refractivity contribution is -0.115. The van der Waals surface area contributed by atoms with Crippen LogP contribution in [-0.4, -0.2) is 26.8 Å². The van der Waals surface area contributed by atoms with Gasteiger partial charge in [-0.05, 0) is 31.5 Å². The number of hydrogen-bond donors (Lipinski definition) is 3. The number of aryl methyl sites for hydroxylation is 2. The molecule has 0 aliphatic rings. The van der Waals surface area contributed by atoms with E-state index in [-0.39, 0.29) is 5.91 Å². The largest absolute Gasteiger partial charge is 0.399 e. The molecular formula is C13H17N5OS. The van der Waals surface area contributed by atoms with Gasteiger partial charge in [0.2, 0.25) is 11.1 Å². The second kappa shape index (κ2) is 6.42. The first-order chi connectivity index (χ1) is 9.54. The van der Waals surface area contributed by atoms with E-state index in [1.54, 1.807) is 6.07 Å². The van der Waals surface area contributed by atoms with Crippen LogP contribution in [0.15, 0.2) is 23.4 Å². The number of H-pyrrole nitrogens is 1. The lowest BCUT2D eigenvalue weighted by Gasteiger charge is -2.08. The zero-order valence-electron chi connectivity index (χ0n) is 11.4. The summed E-state index contributed by atoms with van der Waals surface area (Å²) in [5.74, 6) is 1.36. The highest BCUT2D eigenvalue weighted by Gasteiger charge is 2.07. The van der Waals surface area contributed by atoms with Crippen molar-refractivity contribution in [3.63, 3.8) is 0 Å². The second-order valence-electron chi connectivity index (χ2n) is 4.42. The molecule has 7 heteroatoms. The summed E-state index contributed by atoms with van der Waals surface area (Å²) in [6, 6.07) is 5.46. The van der Waals surface area contributed by atoms with Crippen molar-refractivity contribution in [2.45, 2.75) is 25.4 Å². The molecule has 1 heterocycles. The van der Waals surface area contributed by atoms with Gasteiger partial charge in [-0.3, -0.25) is 9.89 Å². The van der Waals surface area contributed by atoms with Crippen LogP contribution in [0.4, 0.5) is 11.4 Å². The van der Waals surface area contributed by atoms with Gasteiger partial charge in [0, 0.05) is 23.5 Å². The zero-order chi connectivity index (χ0) is 14.5. The first-order valence-electron chi connectivity index (χ1n) is 6.22. The van der Waals surface area contributed by atoms with Crippen LogP contribution in [0.2, 0.25) is 0 Å². The molecule has 20 heavy (non-hydrogen) atoms. The standard InChI is InChI=1S/C13H17N5OS/c1-8-3-4-10(14)7-11(8)16-12(19)5-6-20-13-15-9(2)17-18-13/h3-4,7H,5-6,14H2,1-2H3,(H,16,19)(H,15,17,18). The van der Waals surface area contributed by atoms with Gasteiger partial charge in [0.05, 0.1) is 0 Å². The van der Waals surface area contributed by atoms with Gasteiger partial charge >= 0.3 is 0 Å². The van der Waals surface area contributed by atoms with E-state index in [9.17, 15) is 4.79 Å². The van der Waals surface area contributed by atoms with Gasteiger partial charge in [0.1, 0.15) is 5.82 Å². The maximum absolute atomic E-state index is 11.9. The third-order valence-corrected chi connectivity index (χ3v) is 3.52. The summed E-state index contributed by atoms with van der Waals surface area (Å²) >= 11 is 1.45. The maximum Gasteiger partial charge on any atom is 0.225 e. The topological polar surface area (TPSA) is 96.7 Å². The molecule has 1 aromatic carbocycles. The van der Waals surface area contributed by atoms with Crippen molar-refractivity contribution < 1.29 is 4.79 Å². The van der Waals surface area contributed by atoms with Crippen molar-refractivity contribution in [2.24, 2.45) is 0 Å². The number of aromatic amines is 1. The van der Waals surface area contributed by atoms with E-state index in [1.165, 1.54) is 11.8 Å². The molecule has 0 bridgehead atoms. The summed E-state index contributed by atoms with van der Waals surface area (Å²) in [6.07, 6.45) is 0.395. The van der Waals surface area contributed by atoms with Crippen LogP contribution in [0.25, 0.3) is 0 Å². The van der Waals surface area contributed by atoms with Crippen LogP contribution in [0.1, 0.15) is 17.8 Å². The quantitative estimate of drug-likeness (QED) is 0.579. The lowest BCUT2D eigenvalue weighted by atomic mass is 10.2. The predicted octanol–water partition coefficient (Wildman–Crippen LogP) is 2.12. The van der Waals surface area contributed by atoms with E-state index in [0.29, 0.717) is 23.0 Å². The Morgan fingerprint density at radius 3 is 2.95 bits per heavy atom. The highest BCUT2D eigenvalue weighted by atomic mass is 32.2. The molecule has 106 valence electrons. The number of carbonyl (C=O) groups is 1. The van der Waals surface area contributed by atoms with Gasteiger partial charge in [-0.25, -0.2) is 4.98 Å². The van der Waals surface area contributed by atoms with Crippen molar-refractivity contribution in [1.29, 1.82) is 0 Å². The molecule has 0 atom stereocenters. The Kier molecular flexibility index (Phi) is 4.62. The number of amides is 1. The molecule has 0 saturated heterocycles. The molecule has 0 aliphatic carbocycles. The first kappa shape index (κ1) is 14.4. The smallest absolute Gasteiger partial charge is 0.225 e. The molecule has 0 spiro atoms. The van der Waals surface area contributed by atoms with Crippen molar-refractivity contribution in [2.75, 3.05) is 16.8 Å². The molecule has 0 fully saturated rings. The third kappa shape index (κ3) is 3.99. The fraction of sp³-hybridized carbons (Fsp3) is 0.308. The van der Waals surface area contributed by atoms with Crippen LogP contribution in [0, 0.1) is 13.8 Å². The van der Waals surface area contributed by atoms with Gasteiger partial charge in [0.25, 0.3) is 0 Å². The number of carbonyl (C=O) groups excluding carboxylic acids is 1. The van der Waals surface area contributed by atoms with Gasteiger partial charge in [0.15, 0.2) is 0 Å². The Labute approximate surface area is 121 Å². The van der Waals surface area contributed by atoms with Crippen LogP contribution in [-0.2, 0) is 4.79 Å². The minimum absolute atomic E-state index is 0.0431. The summed E-state index contributed by atoms with van der Waals surface area (Å²) < 4.78 is 0. The van der Waals surface area contributed by atoms with Gasteiger partial charge in [-0.1, -0.05) is 17.8 Å². The molecular weight excluding hydrogens is 274 g/mol. The fourth-order valence-electron chi connectivity index (χ4n) is 1.61. The number of rotatable bonds is 5. The van der Waals surface area contributed by atoms with Gasteiger partial charge in [-0.15, -0.1) is 5.10 Å². The number of nitrogen functional groups attached to an aromatic ring is 1. The monoisotopic (exact) mass is 291 g/mol. The molecule has 4 N–H and O–H groups in total.